The summed E-state index contributed by atoms with van der Waals surface area (Å²) in [4.78, 5) is 46.6. The number of phenols is 1. The lowest BCUT2D eigenvalue weighted by molar-refractivity contribution is -0.136. The molecule has 1 aromatic heterocycles. The van der Waals surface area contributed by atoms with Crippen molar-refractivity contribution in [3.05, 3.63) is 48.2 Å². The molecule has 2 aromatic rings. The molecule has 30 heavy (non-hydrogen) atoms. The molecule has 2 aliphatic heterocycles. The Morgan fingerprint density at radius 1 is 1.10 bits per heavy atom. The summed E-state index contributed by atoms with van der Waals surface area (Å²) in [5, 5.41) is 9.66. The summed E-state index contributed by atoms with van der Waals surface area (Å²) in [6.07, 6.45) is 1.76. The molecule has 1 atom stereocenters. The SMILES string of the molecule is NC(=O)c1cccnc1N1CCN(C(=O)C2CC(=O)N(c3cccc(O)c3)C2)CC1. The van der Waals surface area contributed by atoms with Gasteiger partial charge in [-0.05, 0) is 24.3 Å². The van der Waals surface area contributed by atoms with Crippen molar-refractivity contribution in [1.29, 1.82) is 0 Å². The Balaban J connectivity index is 1.39. The molecule has 2 aliphatic rings. The molecule has 0 radical (unpaired) electrons. The average Bonchev–Trinajstić information content (AvgIpc) is 3.15. The number of rotatable bonds is 4. The quantitative estimate of drug-likeness (QED) is 0.763. The molecular weight excluding hydrogens is 386 g/mol. The van der Waals surface area contributed by atoms with Gasteiger partial charge < -0.3 is 25.5 Å². The molecule has 3 N–H and O–H groups in total. The van der Waals surface area contributed by atoms with Gasteiger partial charge in [-0.3, -0.25) is 14.4 Å². The summed E-state index contributed by atoms with van der Waals surface area (Å²) in [5.41, 5.74) is 6.39. The van der Waals surface area contributed by atoms with Crippen molar-refractivity contribution in [2.75, 3.05) is 42.5 Å². The molecule has 3 amide bonds. The molecule has 1 unspecified atom stereocenters. The minimum atomic E-state index is -0.534. The van der Waals surface area contributed by atoms with Crippen LogP contribution in [0.4, 0.5) is 11.5 Å². The van der Waals surface area contributed by atoms with Crippen molar-refractivity contribution in [2.45, 2.75) is 6.42 Å². The summed E-state index contributed by atoms with van der Waals surface area (Å²) in [5.74, 6) is -0.520. The van der Waals surface area contributed by atoms with E-state index in [1.807, 2.05) is 4.90 Å². The van der Waals surface area contributed by atoms with Crippen LogP contribution >= 0.6 is 0 Å². The Hall–Kier alpha value is -3.62. The van der Waals surface area contributed by atoms with Crippen LogP contribution < -0.4 is 15.5 Å². The average molecular weight is 409 g/mol. The van der Waals surface area contributed by atoms with Crippen molar-refractivity contribution in [3.63, 3.8) is 0 Å². The zero-order valence-electron chi connectivity index (χ0n) is 16.4. The summed E-state index contributed by atoms with van der Waals surface area (Å²) >= 11 is 0. The Labute approximate surface area is 173 Å². The highest BCUT2D eigenvalue weighted by atomic mass is 16.3. The molecule has 0 aliphatic carbocycles. The number of benzene rings is 1. The number of carbonyl (C=O) groups is 3. The first-order chi connectivity index (χ1) is 14.4. The molecule has 2 fully saturated rings. The van der Waals surface area contributed by atoms with Gasteiger partial charge in [-0.25, -0.2) is 4.98 Å². The summed E-state index contributed by atoms with van der Waals surface area (Å²) < 4.78 is 0. The van der Waals surface area contributed by atoms with Crippen LogP contribution in [-0.4, -0.2) is 65.4 Å². The number of primary amides is 1. The summed E-state index contributed by atoms with van der Waals surface area (Å²) in [6, 6.07) is 9.78. The van der Waals surface area contributed by atoms with Gasteiger partial charge in [0.05, 0.1) is 11.5 Å². The van der Waals surface area contributed by atoms with E-state index in [2.05, 4.69) is 4.98 Å². The number of aromatic nitrogens is 1. The minimum absolute atomic E-state index is 0.0539. The van der Waals surface area contributed by atoms with Gasteiger partial charge in [0, 0.05) is 57.1 Å². The molecule has 9 nitrogen and oxygen atoms in total. The summed E-state index contributed by atoms with van der Waals surface area (Å²) in [7, 11) is 0. The van der Waals surface area contributed by atoms with E-state index in [1.54, 1.807) is 40.3 Å². The van der Waals surface area contributed by atoms with Crippen LogP contribution in [0.3, 0.4) is 0 Å². The van der Waals surface area contributed by atoms with Crippen LogP contribution in [-0.2, 0) is 9.59 Å². The molecule has 2 saturated heterocycles. The van der Waals surface area contributed by atoms with Gasteiger partial charge in [-0.15, -0.1) is 0 Å². The van der Waals surface area contributed by atoms with Crippen LogP contribution in [0.1, 0.15) is 16.8 Å². The maximum atomic E-state index is 13.0. The Bertz CT molecular complexity index is 987. The molecule has 3 heterocycles. The fraction of sp³-hybridized carbons (Fsp3) is 0.333. The van der Waals surface area contributed by atoms with Gasteiger partial charge in [0.2, 0.25) is 11.8 Å². The van der Waals surface area contributed by atoms with Crippen molar-refractivity contribution >= 4 is 29.2 Å². The highest BCUT2D eigenvalue weighted by molar-refractivity contribution is 6.00. The second kappa shape index (κ2) is 8.02. The molecule has 0 spiro atoms. The normalized spacial score (nSPS) is 19.3. The van der Waals surface area contributed by atoms with Gasteiger partial charge in [-0.1, -0.05) is 6.07 Å². The number of anilines is 2. The van der Waals surface area contributed by atoms with E-state index in [0.717, 1.165) is 0 Å². The number of phenolic OH excluding ortho intramolecular Hbond substituents is 1. The van der Waals surface area contributed by atoms with Crippen molar-refractivity contribution in [2.24, 2.45) is 11.7 Å². The Kier molecular flexibility index (Phi) is 5.26. The lowest BCUT2D eigenvalue weighted by Crippen LogP contribution is -2.51. The Morgan fingerprint density at radius 2 is 1.87 bits per heavy atom. The van der Waals surface area contributed by atoms with Crippen LogP contribution in [0.15, 0.2) is 42.6 Å². The van der Waals surface area contributed by atoms with Crippen molar-refractivity contribution < 1.29 is 19.5 Å². The highest BCUT2D eigenvalue weighted by Gasteiger charge is 2.38. The van der Waals surface area contributed by atoms with Crippen LogP contribution in [0.5, 0.6) is 5.75 Å². The molecule has 156 valence electrons. The van der Waals surface area contributed by atoms with Crippen molar-refractivity contribution in [1.82, 2.24) is 9.88 Å². The first-order valence-electron chi connectivity index (χ1n) is 9.82. The van der Waals surface area contributed by atoms with Crippen molar-refractivity contribution in [3.8, 4) is 5.75 Å². The lowest BCUT2D eigenvalue weighted by atomic mass is 10.1. The third-order valence-corrected chi connectivity index (χ3v) is 5.56. The lowest BCUT2D eigenvalue weighted by Gasteiger charge is -2.37. The molecule has 1 aromatic carbocycles. The topological polar surface area (TPSA) is 120 Å². The van der Waals surface area contributed by atoms with E-state index in [9.17, 15) is 19.5 Å². The maximum Gasteiger partial charge on any atom is 0.252 e. The highest BCUT2D eigenvalue weighted by Crippen LogP contribution is 2.29. The van der Waals surface area contributed by atoms with Gasteiger partial charge >= 0.3 is 0 Å². The standard InChI is InChI=1S/C21H23N5O4/c22-19(29)17-5-2-6-23-20(17)24-7-9-25(10-8-24)21(30)14-11-18(28)26(13-14)15-3-1-4-16(27)12-15/h1-6,12,14,27H,7-11,13H2,(H2,22,29). The smallest absolute Gasteiger partial charge is 0.252 e. The molecular formula is C21H23N5O4. The van der Waals surface area contributed by atoms with Gasteiger partial charge in [0.1, 0.15) is 11.6 Å². The minimum Gasteiger partial charge on any atom is -0.508 e. The predicted molar refractivity (Wildman–Crippen MR) is 110 cm³/mol. The maximum absolute atomic E-state index is 13.0. The fourth-order valence-electron chi connectivity index (χ4n) is 4.02. The number of pyridine rings is 1. The summed E-state index contributed by atoms with van der Waals surface area (Å²) in [6.45, 7) is 2.31. The fourth-order valence-corrected chi connectivity index (χ4v) is 4.02. The van der Waals surface area contributed by atoms with Gasteiger partial charge in [0.25, 0.3) is 5.91 Å². The third kappa shape index (κ3) is 3.78. The number of hydrogen-bond donors (Lipinski definition) is 2. The van der Waals surface area contributed by atoms with E-state index in [4.69, 9.17) is 5.73 Å². The number of amides is 3. The molecule has 4 rings (SSSR count). The van der Waals surface area contributed by atoms with E-state index in [1.165, 1.54) is 12.1 Å². The number of nitrogens with zero attached hydrogens (tertiary/aromatic N) is 4. The number of piperazine rings is 1. The Morgan fingerprint density at radius 3 is 2.57 bits per heavy atom. The first kappa shape index (κ1) is 19.7. The number of hydrogen-bond acceptors (Lipinski definition) is 6. The number of nitrogens with two attached hydrogens (primary N) is 1. The second-order valence-corrected chi connectivity index (χ2v) is 7.48. The van der Waals surface area contributed by atoms with Gasteiger partial charge in [0.15, 0.2) is 0 Å². The number of aromatic hydroxyl groups is 1. The molecule has 9 heteroatoms. The number of carbonyl (C=O) groups excluding carboxylic acids is 3. The molecule has 0 saturated carbocycles. The molecule has 0 bridgehead atoms. The van der Waals surface area contributed by atoms with Gasteiger partial charge in [-0.2, -0.15) is 0 Å². The van der Waals surface area contributed by atoms with Crippen LogP contribution in [0.25, 0.3) is 0 Å². The third-order valence-electron chi connectivity index (χ3n) is 5.56. The van der Waals surface area contributed by atoms with E-state index < -0.39 is 11.8 Å². The monoisotopic (exact) mass is 409 g/mol. The van der Waals surface area contributed by atoms with E-state index in [0.29, 0.717) is 49.8 Å². The largest absolute Gasteiger partial charge is 0.508 e. The first-order valence-corrected chi connectivity index (χ1v) is 9.82. The predicted octanol–water partition coefficient (Wildman–Crippen LogP) is 0.588. The van der Waals surface area contributed by atoms with Crippen LogP contribution in [0, 0.1) is 5.92 Å². The zero-order valence-corrected chi connectivity index (χ0v) is 16.4. The van der Waals surface area contributed by atoms with E-state index in [-0.39, 0.29) is 24.0 Å². The van der Waals surface area contributed by atoms with Crippen LogP contribution in [0.2, 0.25) is 0 Å². The van der Waals surface area contributed by atoms with E-state index >= 15 is 0 Å². The second-order valence-electron chi connectivity index (χ2n) is 7.48. The zero-order chi connectivity index (χ0) is 21.3.